The lowest BCUT2D eigenvalue weighted by atomic mass is 10.3. The van der Waals surface area contributed by atoms with Crippen LogP contribution in [0.2, 0.25) is 0 Å². The first kappa shape index (κ1) is 9.45. The average molecular weight is 201 g/mol. The first-order valence-electron chi connectivity index (χ1n) is 4.68. The molecule has 2 aromatic rings. The van der Waals surface area contributed by atoms with Crippen molar-refractivity contribution in [2.45, 2.75) is 6.92 Å². The Bertz CT molecular complexity index is 480. The smallest absolute Gasteiger partial charge is 0.250 e. The van der Waals surface area contributed by atoms with Gasteiger partial charge in [-0.1, -0.05) is 18.2 Å². The number of nitrogens with one attached hydrogen (secondary N) is 2. The third-order valence-electron chi connectivity index (χ3n) is 1.95. The molecule has 1 heterocycles. The molecular formula is C11H11N3O. The SMILES string of the molecule is C/C=C/C(=O)Nc1nc2ccccc2[nH]1. The highest BCUT2D eigenvalue weighted by Crippen LogP contribution is 2.12. The number of imidazole rings is 1. The van der Waals surface area contributed by atoms with E-state index in [2.05, 4.69) is 15.3 Å². The van der Waals surface area contributed by atoms with Crippen LogP contribution < -0.4 is 5.32 Å². The molecule has 76 valence electrons. The summed E-state index contributed by atoms with van der Waals surface area (Å²) >= 11 is 0. The number of nitrogens with zero attached hydrogens (tertiary/aromatic N) is 1. The number of para-hydroxylation sites is 2. The summed E-state index contributed by atoms with van der Waals surface area (Å²) in [6.07, 6.45) is 3.13. The number of hydrogen-bond acceptors (Lipinski definition) is 2. The van der Waals surface area contributed by atoms with Crippen molar-refractivity contribution in [1.82, 2.24) is 9.97 Å². The van der Waals surface area contributed by atoms with Crippen molar-refractivity contribution in [1.29, 1.82) is 0 Å². The van der Waals surface area contributed by atoms with Crippen LogP contribution in [0, 0.1) is 0 Å². The molecule has 0 radical (unpaired) electrons. The molecule has 0 saturated carbocycles. The first-order chi connectivity index (χ1) is 7.29. The number of aromatic amines is 1. The van der Waals surface area contributed by atoms with Gasteiger partial charge in [0.1, 0.15) is 0 Å². The predicted molar refractivity (Wildman–Crippen MR) is 59.5 cm³/mol. The summed E-state index contributed by atoms with van der Waals surface area (Å²) in [7, 11) is 0. The van der Waals surface area contributed by atoms with Crippen LogP contribution in [0.3, 0.4) is 0 Å². The average Bonchev–Trinajstić information content (AvgIpc) is 2.59. The van der Waals surface area contributed by atoms with E-state index < -0.39 is 0 Å². The lowest BCUT2D eigenvalue weighted by Gasteiger charge is -1.94. The highest BCUT2D eigenvalue weighted by molar-refractivity contribution is 5.98. The van der Waals surface area contributed by atoms with E-state index in [9.17, 15) is 4.79 Å². The number of hydrogen-bond donors (Lipinski definition) is 2. The number of aromatic nitrogens is 2. The Kier molecular flexibility index (Phi) is 2.49. The second-order valence-electron chi connectivity index (χ2n) is 3.09. The molecule has 2 rings (SSSR count). The molecule has 1 aromatic heterocycles. The van der Waals surface area contributed by atoms with E-state index in [4.69, 9.17) is 0 Å². The summed E-state index contributed by atoms with van der Waals surface area (Å²) in [4.78, 5) is 18.5. The zero-order valence-electron chi connectivity index (χ0n) is 8.32. The fraction of sp³-hybridized carbons (Fsp3) is 0.0909. The third-order valence-corrected chi connectivity index (χ3v) is 1.95. The van der Waals surface area contributed by atoms with Gasteiger partial charge in [-0.3, -0.25) is 10.1 Å². The summed E-state index contributed by atoms with van der Waals surface area (Å²) < 4.78 is 0. The number of anilines is 1. The maximum absolute atomic E-state index is 11.2. The van der Waals surface area contributed by atoms with E-state index >= 15 is 0 Å². The molecule has 0 aliphatic heterocycles. The van der Waals surface area contributed by atoms with E-state index in [0.717, 1.165) is 11.0 Å². The fourth-order valence-electron chi connectivity index (χ4n) is 1.32. The number of carbonyl (C=O) groups is 1. The molecule has 0 atom stereocenters. The van der Waals surface area contributed by atoms with Crippen molar-refractivity contribution < 1.29 is 4.79 Å². The van der Waals surface area contributed by atoms with Gasteiger partial charge in [0.25, 0.3) is 0 Å². The molecule has 4 nitrogen and oxygen atoms in total. The molecule has 4 heteroatoms. The van der Waals surface area contributed by atoms with E-state index in [-0.39, 0.29) is 5.91 Å². The molecule has 0 fully saturated rings. The second kappa shape index (κ2) is 3.96. The maximum atomic E-state index is 11.2. The summed E-state index contributed by atoms with van der Waals surface area (Å²) in [5.41, 5.74) is 1.75. The number of amides is 1. The summed E-state index contributed by atoms with van der Waals surface area (Å²) in [5, 5.41) is 2.64. The highest BCUT2D eigenvalue weighted by Gasteiger charge is 2.02. The van der Waals surface area contributed by atoms with Gasteiger partial charge in [0.2, 0.25) is 11.9 Å². The standard InChI is InChI=1S/C11H11N3O/c1-2-5-10(15)14-11-12-8-6-3-4-7-9(8)13-11/h2-7H,1H3,(H2,12,13,14,15)/b5-2+. The molecule has 0 aliphatic rings. The topological polar surface area (TPSA) is 57.8 Å². The van der Waals surface area contributed by atoms with Crippen LogP contribution in [0.5, 0.6) is 0 Å². The summed E-state index contributed by atoms with van der Waals surface area (Å²) in [5.74, 6) is 0.288. The second-order valence-corrected chi connectivity index (χ2v) is 3.09. The Balaban J connectivity index is 2.26. The molecule has 15 heavy (non-hydrogen) atoms. The van der Waals surface area contributed by atoms with Crippen molar-refractivity contribution in [3.63, 3.8) is 0 Å². The van der Waals surface area contributed by atoms with Crippen LogP contribution in [-0.4, -0.2) is 15.9 Å². The molecule has 0 saturated heterocycles. The summed E-state index contributed by atoms with van der Waals surface area (Å²) in [6.45, 7) is 1.79. The van der Waals surface area contributed by atoms with Gasteiger partial charge in [0.15, 0.2) is 0 Å². The number of benzene rings is 1. The van der Waals surface area contributed by atoms with E-state index in [0.29, 0.717) is 5.95 Å². The Morgan fingerprint density at radius 3 is 3.00 bits per heavy atom. The van der Waals surface area contributed by atoms with Gasteiger partial charge < -0.3 is 4.98 Å². The van der Waals surface area contributed by atoms with Gasteiger partial charge >= 0.3 is 0 Å². The number of rotatable bonds is 2. The monoisotopic (exact) mass is 201 g/mol. The zero-order valence-corrected chi connectivity index (χ0v) is 8.32. The van der Waals surface area contributed by atoms with Gasteiger partial charge in [-0.05, 0) is 25.1 Å². The van der Waals surface area contributed by atoms with Crippen LogP contribution in [0.1, 0.15) is 6.92 Å². The molecule has 0 aliphatic carbocycles. The lowest BCUT2D eigenvalue weighted by Crippen LogP contribution is -2.08. The molecule has 0 bridgehead atoms. The van der Waals surface area contributed by atoms with Gasteiger partial charge in [-0.15, -0.1) is 0 Å². The quantitative estimate of drug-likeness (QED) is 0.731. The number of allylic oxidation sites excluding steroid dienone is 1. The highest BCUT2D eigenvalue weighted by atomic mass is 16.1. The molecule has 0 unspecified atom stereocenters. The third kappa shape index (κ3) is 2.04. The molecule has 2 N–H and O–H groups in total. The Morgan fingerprint density at radius 1 is 1.47 bits per heavy atom. The van der Waals surface area contributed by atoms with Crippen molar-refractivity contribution in [2.24, 2.45) is 0 Å². The van der Waals surface area contributed by atoms with Crippen molar-refractivity contribution in [3.8, 4) is 0 Å². The van der Waals surface area contributed by atoms with Crippen molar-refractivity contribution in [3.05, 3.63) is 36.4 Å². The molecular weight excluding hydrogens is 190 g/mol. The van der Waals surface area contributed by atoms with Crippen LogP contribution in [0.25, 0.3) is 11.0 Å². The Morgan fingerprint density at radius 2 is 2.27 bits per heavy atom. The fourth-order valence-corrected chi connectivity index (χ4v) is 1.32. The number of carbonyl (C=O) groups excluding carboxylic acids is 1. The minimum Gasteiger partial charge on any atom is -0.324 e. The molecule has 1 amide bonds. The summed E-state index contributed by atoms with van der Waals surface area (Å²) in [6, 6.07) is 7.61. The van der Waals surface area contributed by atoms with Gasteiger partial charge in [-0.25, -0.2) is 4.98 Å². The van der Waals surface area contributed by atoms with Crippen molar-refractivity contribution in [2.75, 3.05) is 5.32 Å². The lowest BCUT2D eigenvalue weighted by molar-refractivity contribution is -0.111. The Hall–Kier alpha value is -2.10. The maximum Gasteiger partial charge on any atom is 0.250 e. The normalized spacial score (nSPS) is 11.0. The van der Waals surface area contributed by atoms with Crippen LogP contribution >= 0.6 is 0 Å². The van der Waals surface area contributed by atoms with Crippen molar-refractivity contribution >= 4 is 22.9 Å². The van der Waals surface area contributed by atoms with Crippen LogP contribution in [0.4, 0.5) is 5.95 Å². The van der Waals surface area contributed by atoms with Crippen LogP contribution in [0.15, 0.2) is 36.4 Å². The number of H-pyrrole nitrogens is 1. The van der Waals surface area contributed by atoms with E-state index in [1.54, 1.807) is 13.0 Å². The van der Waals surface area contributed by atoms with E-state index in [1.165, 1.54) is 6.08 Å². The largest absolute Gasteiger partial charge is 0.324 e. The van der Waals surface area contributed by atoms with Gasteiger partial charge in [-0.2, -0.15) is 0 Å². The minimum absolute atomic E-state index is 0.184. The molecule has 0 spiro atoms. The Labute approximate surface area is 87.0 Å². The predicted octanol–water partition coefficient (Wildman–Crippen LogP) is 2.08. The number of fused-ring (bicyclic) bond motifs is 1. The van der Waals surface area contributed by atoms with E-state index in [1.807, 2.05) is 24.3 Å². The minimum atomic E-state index is -0.184. The van der Waals surface area contributed by atoms with Gasteiger partial charge in [0.05, 0.1) is 11.0 Å². The van der Waals surface area contributed by atoms with Crippen LogP contribution in [-0.2, 0) is 4.79 Å². The van der Waals surface area contributed by atoms with Gasteiger partial charge in [0, 0.05) is 0 Å². The zero-order chi connectivity index (χ0) is 10.7. The molecule has 1 aromatic carbocycles. The first-order valence-corrected chi connectivity index (χ1v) is 4.68.